The summed E-state index contributed by atoms with van der Waals surface area (Å²) in [6.07, 6.45) is 2.51. The van der Waals surface area contributed by atoms with Crippen LogP contribution in [0.15, 0.2) is 54.6 Å². The van der Waals surface area contributed by atoms with Gasteiger partial charge < -0.3 is 45.1 Å². The summed E-state index contributed by atoms with van der Waals surface area (Å²) in [7, 11) is 1.27. The summed E-state index contributed by atoms with van der Waals surface area (Å²) in [6.45, 7) is 8.42. The van der Waals surface area contributed by atoms with E-state index in [1.54, 1.807) is 15.9 Å². The maximum atomic E-state index is 15.4. The standard InChI is InChI=1S/C46H53FN10O6/c1-24(2)39(53-45(60)61)43(58)55-18-6-8-37(55)41-49-31-14-11-26(20-33(31)51-41)35-16-17-36(57(35)29-13-10-28(23-48)30(47)22-29)27-12-15-32-34(21-27)52-42(50-32)38-9-7-19-56(38)44(59)40(25(3)4)54-46(62)63-5/h10-15,20-22,24-25,35-40,53H,6-9,16-19H2,1-5H3,(H,49,51)(H,50,52)(H,54,62)(H,60,61)/t35-,36-,37+,38+,39+,40+/m1/s1. The molecule has 2 aromatic heterocycles. The molecular weight excluding hydrogens is 808 g/mol. The zero-order valence-electron chi connectivity index (χ0n) is 36.0. The second-order valence-electron chi connectivity index (χ2n) is 17.5. The van der Waals surface area contributed by atoms with E-state index in [-0.39, 0.29) is 53.4 Å². The molecule has 0 spiro atoms. The number of anilines is 1. The summed E-state index contributed by atoms with van der Waals surface area (Å²) in [4.78, 5) is 73.7. The molecule has 0 unspecified atom stereocenters. The van der Waals surface area contributed by atoms with Gasteiger partial charge in [0.15, 0.2) is 0 Å². The predicted molar refractivity (Wildman–Crippen MR) is 232 cm³/mol. The van der Waals surface area contributed by atoms with Crippen molar-refractivity contribution < 1.29 is 33.4 Å². The third-order valence-electron chi connectivity index (χ3n) is 12.9. The van der Waals surface area contributed by atoms with E-state index in [2.05, 4.69) is 31.6 Å². The van der Waals surface area contributed by atoms with Crippen LogP contribution in [0.2, 0.25) is 0 Å². The van der Waals surface area contributed by atoms with Crippen LogP contribution in [-0.4, -0.2) is 91.1 Å². The Morgan fingerprint density at radius 2 is 1.33 bits per heavy atom. The number of amides is 4. The molecule has 3 aliphatic heterocycles. The number of carbonyl (C=O) groups is 4. The molecule has 3 fully saturated rings. The Morgan fingerprint density at radius 1 is 0.762 bits per heavy atom. The molecule has 5 aromatic rings. The van der Waals surface area contributed by atoms with Crippen molar-refractivity contribution in [2.75, 3.05) is 25.1 Å². The van der Waals surface area contributed by atoms with Crippen LogP contribution in [0.25, 0.3) is 22.1 Å². The van der Waals surface area contributed by atoms with E-state index >= 15 is 4.39 Å². The number of benzene rings is 3. The Hall–Kier alpha value is -6.70. The molecule has 3 aromatic carbocycles. The van der Waals surface area contributed by atoms with E-state index in [0.717, 1.165) is 58.9 Å². The maximum Gasteiger partial charge on any atom is 0.407 e. The average Bonchev–Trinajstić information content (AvgIpc) is 4.12. The molecule has 5 N–H and O–H groups in total. The Bertz CT molecular complexity index is 2600. The number of carbonyl (C=O) groups excluding carboxylic acids is 3. The van der Waals surface area contributed by atoms with Crippen LogP contribution < -0.4 is 15.5 Å². The number of hydrogen-bond acceptors (Lipinski definition) is 9. The maximum absolute atomic E-state index is 15.4. The van der Waals surface area contributed by atoms with Crippen molar-refractivity contribution in [3.63, 3.8) is 0 Å². The fourth-order valence-corrected chi connectivity index (χ4v) is 9.73. The number of H-pyrrole nitrogens is 2. The minimum absolute atomic E-state index is 0.0407. The third-order valence-corrected chi connectivity index (χ3v) is 12.9. The van der Waals surface area contributed by atoms with E-state index < -0.39 is 30.1 Å². The van der Waals surface area contributed by atoms with Gasteiger partial charge in [-0.15, -0.1) is 0 Å². The normalized spacial score (nSPS) is 21.0. The van der Waals surface area contributed by atoms with Crippen molar-refractivity contribution in [1.29, 1.82) is 5.26 Å². The summed E-state index contributed by atoms with van der Waals surface area (Å²) in [5.41, 5.74) is 5.59. The van der Waals surface area contributed by atoms with E-state index in [9.17, 15) is 29.5 Å². The number of rotatable bonds is 11. The van der Waals surface area contributed by atoms with Crippen LogP contribution >= 0.6 is 0 Å². The number of nitrogens with zero attached hydrogens (tertiary/aromatic N) is 6. The molecule has 6 atom stereocenters. The number of fused-ring (bicyclic) bond motifs is 2. The van der Waals surface area contributed by atoms with Crippen LogP contribution in [0.3, 0.4) is 0 Å². The zero-order valence-corrected chi connectivity index (χ0v) is 36.0. The van der Waals surface area contributed by atoms with Gasteiger partial charge in [-0.1, -0.05) is 39.8 Å². The topological polar surface area (TPSA) is 213 Å². The molecule has 63 heavy (non-hydrogen) atoms. The van der Waals surface area contributed by atoms with Gasteiger partial charge >= 0.3 is 12.2 Å². The molecule has 3 saturated heterocycles. The molecule has 3 aliphatic rings. The number of ether oxygens (including phenoxy) is 1. The SMILES string of the molecule is COC(=O)N[C@H](C(=O)N1CCC[C@H]1c1nc2cc([C@H]3CC[C@H](c4ccc5nc([C@@H]6CCCN6C(=O)[C@@H](NC(=O)O)C(C)C)[nH]c5c4)N3c3ccc(C#N)c(F)c3)ccc2[nH]1)C(C)C. The molecule has 8 rings (SSSR count). The summed E-state index contributed by atoms with van der Waals surface area (Å²) in [5, 5.41) is 24.1. The number of aromatic amines is 2. The lowest BCUT2D eigenvalue weighted by Gasteiger charge is -2.33. The van der Waals surface area contributed by atoms with Gasteiger partial charge in [0, 0.05) is 18.8 Å². The fourth-order valence-electron chi connectivity index (χ4n) is 9.73. The van der Waals surface area contributed by atoms with Crippen LogP contribution in [0, 0.1) is 29.0 Å². The van der Waals surface area contributed by atoms with Crippen molar-refractivity contribution in [2.24, 2.45) is 11.8 Å². The minimum atomic E-state index is -1.24. The second-order valence-corrected chi connectivity index (χ2v) is 17.5. The first-order valence-corrected chi connectivity index (χ1v) is 21.7. The van der Waals surface area contributed by atoms with Crippen molar-refractivity contribution in [3.8, 4) is 6.07 Å². The first kappa shape index (κ1) is 43.0. The quantitative estimate of drug-likeness (QED) is 0.0881. The molecule has 4 amide bonds. The monoisotopic (exact) mass is 860 g/mol. The van der Waals surface area contributed by atoms with E-state index in [0.29, 0.717) is 43.3 Å². The summed E-state index contributed by atoms with van der Waals surface area (Å²) in [5.74, 6) is -0.169. The molecule has 0 radical (unpaired) electrons. The third kappa shape index (κ3) is 8.33. The largest absolute Gasteiger partial charge is 0.465 e. The highest BCUT2D eigenvalue weighted by Gasteiger charge is 2.40. The van der Waals surface area contributed by atoms with Crippen molar-refractivity contribution >= 4 is 51.8 Å². The van der Waals surface area contributed by atoms with Crippen molar-refractivity contribution in [3.05, 3.63) is 88.8 Å². The van der Waals surface area contributed by atoms with Gasteiger partial charge in [0.05, 0.1) is 58.9 Å². The molecule has 17 heteroatoms. The highest BCUT2D eigenvalue weighted by Crippen LogP contribution is 2.48. The molecule has 16 nitrogen and oxygen atoms in total. The van der Waals surface area contributed by atoms with Gasteiger partial charge in [0.25, 0.3) is 0 Å². The summed E-state index contributed by atoms with van der Waals surface area (Å²) >= 11 is 0. The van der Waals surface area contributed by atoms with Gasteiger partial charge in [-0.3, -0.25) is 9.59 Å². The molecule has 5 heterocycles. The van der Waals surface area contributed by atoms with Gasteiger partial charge in [-0.2, -0.15) is 5.26 Å². The van der Waals surface area contributed by atoms with Crippen LogP contribution in [-0.2, 0) is 14.3 Å². The first-order valence-electron chi connectivity index (χ1n) is 21.7. The smallest absolute Gasteiger partial charge is 0.407 e. The van der Waals surface area contributed by atoms with Crippen LogP contribution in [0.4, 0.5) is 19.7 Å². The number of carboxylic acid groups (broad SMARTS) is 1. The first-order chi connectivity index (χ1) is 30.3. The van der Waals surface area contributed by atoms with Gasteiger partial charge in [-0.25, -0.2) is 23.9 Å². The summed E-state index contributed by atoms with van der Waals surface area (Å²) in [6, 6.07) is 16.1. The molecule has 0 aliphatic carbocycles. The molecule has 330 valence electrons. The Labute approximate surface area is 364 Å². The lowest BCUT2D eigenvalue weighted by molar-refractivity contribution is -0.136. The average molecular weight is 861 g/mol. The van der Waals surface area contributed by atoms with Gasteiger partial charge in [-0.05, 0) is 104 Å². The Balaban J connectivity index is 1.09. The Kier molecular flexibility index (Phi) is 12.0. The van der Waals surface area contributed by atoms with Crippen LogP contribution in [0.5, 0.6) is 0 Å². The number of hydrogen-bond donors (Lipinski definition) is 5. The number of halogens is 1. The van der Waals surface area contributed by atoms with Crippen molar-refractivity contribution in [1.82, 2.24) is 40.4 Å². The van der Waals surface area contributed by atoms with Gasteiger partial charge in [0.2, 0.25) is 11.8 Å². The highest BCUT2D eigenvalue weighted by molar-refractivity contribution is 5.87. The minimum Gasteiger partial charge on any atom is -0.465 e. The number of nitriles is 1. The predicted octanol–water partition coefficient (Wildman–Crippen LogP) is 7.53. The lowest BCUT2D eigenvalue weighted by atomic mass is 10.0. The fraction of sp³-hybridized carbons (Fsp3) is 0.457. The summed E-state index contributed by atoms with van der Waals surface area (Å²) < 4.78 is 20.2. The number of methoxy groups -OCH3 is 1. The Morgan fingerprint density at radius 3 is 1.90 bits per heavy atom. The van der Waals surface area contributed by atoms with E-state index in [1.165, 1.54) is 19.2 Å². The number of aromatic nitrogens is 4. The van der Waals surface area contributed by atoms with Gasteiger partial charge in [0.1, 0.15) is 35.6 Å². The molecular formula is C46H53FN10O6. The van der Waals surface area contributed by atoms with E-state index in [1.807, 2.05) is 64.1 Å². The van der Waals surface area contributed by atoms with Crippen LogP contribution in [0.1, 0.15) is 119 Å². The van der Waals surface area contributed by atoms with Crippen molar-refractivity contribution in [2.45, 2.75) is 102 Å². The second kappa shape index (κ2) is 17.6. The number of alkyl carbamates (subject to hydrolysis) is 1. The lowest BCUT2D eigenvalue weighted by Crippen LogP contribution is -2.51. The number of nitrogens with one attached hydrogen (secondary N) is 4. The number of imidazole rings is 2. The molecule has 0 saturated carbocycles. The zero-order chi connectivity index (χ0) is 44.7. The highest BCUT2D eigenvalue weighted by atomic mass is 19.1. The number of likely N-dealkylation sites (tertiary alicyclic amines) is 2. The van der Waals surface area contributed by atoms with E-state index in [4.69, 9.17) is 14.7 Å². The molecule has 0 bridgehead atoms.